The Balaban J connectivity index is 1.34. The molecule has 0 saturated heterocycles. The van der Waals surface area contributed by atoms with Gasteiger partial charge in [-0.2, -0.15) is 0 Å². The van der Waals surface area contributed by atoms with Gasteiger partial charge in [-0.3, -0.25) is 4.79 Å². The summed E-state index contributed by atoms with van der Waals surface area (Å²) in [4.78, 5) is 16.7. The first-order valence-corrected chi connectivity index (χ1v) is 17.8. The van der Waals surface area contributed by atoms with E-state index in [1.165, 1.54) is 5.56 Å². The lowest BCUT2D eigenvalue weighted by Gasteiger charge is -2.33. The number of ether oxygens (including phenoxy) is 5. The highest BCUT2D eigenvalue weighted by molar-refractivity contribution is 6.37. The summed E-state index contributed by atoms with van der Waals surface area (Å²) in [6.07, 6.45) is 4.44. The van der Waals surface area contributed by atoms with Gasteiger partial charge >= 0.3 is 0 Å². The second kappa shape index (κ2) is 18.4. The monoisotopic (exact) mass is 730 g/mol. The summed E-state index contributed by atoms with van der Waals surface area (Å²) in [6.45, 7) is 4.81. The van der Waals surface area contributed by atoms with Crippen LogP contribution in [0.2, 0.25) is 15.1 Å². The maximum atomic E-state index is 14.7. The van der Waals surface area contributed by atoms with Gasteiger partial charge in [-0.15, -0.1) is 0 Å². The van der Waals surface area contributed by atoms with Gasteiger partial charge in [0.1, 0.15) is 25.8 Å². The Morgan fingerprint density at radius 2 is 1.63 bits per heavy atom. The van der Waals surface area contributed by atoms with Crippen LogP contribution in [0.15, 0.2) is 60.2 Å². The van der Waals surface area contributed by atoms with E-state index in [4.69, 9.17) is 58.5 Å². The molecule has 264 valence electrons. The van der Waals surface area contributed by atoms with Crippen molar-refractivity contribution in [3.8, 4) is 11.5 Å². The zero-order chi connectivity index (χ0) is 34.8. The molecule has 0 radical (unpaired) electrons. The lowest BCUT2D eigenvalue weighted by atomic mass is 9.88. The second-order valence-corrected chi connectivity index (χ2v) is 13.6. The molecule has 1 unspecified atom stereocenters. The van der Waals surface area contributed by atoms with E-state index in [2.05, 4.69) is 17.4 Å². The molecule has 3 aromatic rings. The van der Waals surface area contributed by atoms with E-state index in [-0.39, 0.29) is 31.4 Å². The summed E-state index contributed by atoms with van der Waals surface area (Å²) in [7, 11) is 3.30. The molecule has 0 aromatic heterocycles. The van der Waals surface area contributed by atoms with Crippen LogP contribution in [-0.4, -0.2) is 76.9 Å². The normalized spacial score (nSPS) is 16.2. The quantitative estimate of drug-likeness (QED) is 0.105. The molecule has 8 nitrogen and oxygen atoms in total. The van der Waals surface area contributed by atoms with Crippen molar-refractivity contribution in [3.05, 3.63) is 97.5 Å². The maximum Gasteiger partial charge on any atom is 0.252 e. The van der Waals surface area contributed by atoms with Crippen molar-refractivity contribution in [1.29, 1.82) is 0 Å². The topological polar surface area (TPSA) is 78.5 Å². The predicted molar refractivity (Wildman–Crippen MR) is 195 cm³/mol. The largest absolute Gasteiger partial charge is 0.490 e. The van der Waals surface area contributed by atoms with E-state index in [9.17, 15) is 4.79 Å². The minimum absolute atomic E-state index is 0.00229. The molecule has 0 bridgehead atoms. The molecular formula is C38H45Cl3N2O6. The molecule has 0 spiro atoms. The van der Waals surface area contributed by atoms with Crippen molar-refractivity contribution in [1.82, 2.24) is 10.2 Å². The summed E-state index contributed by atoms with van der Waals surface area (Å²) >= 11 is 19.3. The Morgan fingerprint density at radius 1 is 0.898 bits per heavy atom. The Bertz CT molecular complexity index is 1570. The van der Waals surface area contributed by atoms with Gasteiger partial charge in [0.2, 0.25) is 0 Å². The molecule has 1 heterocycles. The molecule has 1 amide bonds. The fourth-order valence-electron chi connectivity index (χ4n) is 6.08. The number of methoxy groups -OCH3 is 2. The highest BCUT2D eigenvalue weighted by Gasteiger charge is 2.38. The molecule has 1 aliphatic heterocycles. The third kappa shape index (κ3) is 10.4. The van der Waals surface area contributed by atoms with E-state index in [0.29, 0.717) is 65.9 Å². The SMILES string of the molecule is COCCCc1ccc(Cl)c(CN(C(=O)C2=C(c3ccc(OCCOc4c(Cl)cc(C)cc4Cl)cc3)CCNC2COCOC)C2CC2)c1. The molecule has 1 saturated carbocycles. The summed E-state index contributed by atoms with van der Waals surface area (Å²) < 4.78 is 28.0. The van der Waals surface area contributed by atoms with Crippen molar-refractivity contribution in [2.75, 3.05) is 54.0 Å². The zero-order valence-corrected chi connectivity index (χ0v) is 30.6. The first-order valence-electron chi connectivity index (χ1n) is 16.7. The second-order valence-electron chi connectivity index (χ2n) is 12.4. The fraction of sp³-hybridized carbons (Fsp3) is 0.447. The third-order valence-electron chi connectivity index (χ3n) is 8.61. The molecule has 1 fully saturated rings. The van der Waals surface area contributed by atoms with E-state index in [0.717, 1.165) is 53.5 Å². The highest BCUT2D eigenvalue weighted by Crippen LogP contribution is 2.37. The van der Waals surface area contributed by atoms with Crippen molar-refractivity contribution in [2.24, 2.45) is 0 Å². The molecule has 1 aliphatic carbocycles. The minimum Gasteiger partial charge on any atom is -0.490 e. The smallest absolute Gasteiger partial charge is 0.252 e. The molecular weight excluding hydrogens is 687 g/mol. The molecule has 1 atom stereocenters. The lowest BCUT2D eigenvalue weighted by molar-refractivity contribution is -0.129. The fourth-order valence-corrected chi connectivity index (χ4v) is 6.97. The van der Waals surface area contributed by atoms with Gasteiger partial charge < -0.3 is 33.9 Å². The Labute approximate surface area is 304 Å². The number of aryl methyl sites for hydroxylation is 2. The summed E-state index contributed by atoms with van der Waals surface area (Å²) in [5, 5.41) is 5.12. The summed E-state index contributed by atoms with van der Waals surface area (Å²) in [5.74, 6) is 1.14. The van der Waals surface area contributed by atoms with Crippen molar-refractivity contribution < 1.29 is 28.5 Å². The van der Waals surface area contributed by atoms with Crippen LogP contribution in [0.3, 0.4) is 0 Å². The van der Waals surface area contributed by atoms with E-state index >= 15 is 0 Å². The standard InChI is InChI=1S/C38H45Cl3N2O6/c1-25-19-33(40)37(34(41)20-25)49-18-17-48-30-11-7-27(8-12-30)31-14-15-42-35(23-47-24-46-3)36(31)38(44)43(29-9-10-29)22-28-21-26(5-4-16-45-2)6-13-32(28)39/h6-8,11-13,19-21,29,35,42H,4-5,9-10,14-18,22-24H2,1-3H3. The lowest BCUT2D eigenvalue weighted by Crippen LogP contribution is -2.47. The average molecular weight is 732 g/mol. The molecule has 1 N–H and O–H groups in total. The molecule has 2 aliphatic rings. The summed E-state index contributed by atoms with van der Waals surface area (Å²) in [6, 6.07) is 17.5. The van der Waals surface area contributed by atoms with Gasteiger partial charge in [0.05, 0.1) is 22.7 Å². The van der Waals surface area contributed by atoms with Crippen LogP contribution in [0.25, 0.3) is 5.57 Å². The van der Waals surface area contributed by atoms with E-state index in [1.54, 1.807) is 14.2 Å². The van der Waals surface area contributed by atoms with Crippen LogP contribution >= 0.6 is 34.8 Å². The number of hydrogen-bond acceptors (Lipinski definition) is 7. The number of carbonyl (C=O) groups is 1. The van der Waals surface area contributed by atoms with Crippen molar-refractivity contribution >= 4 is 46.3 Å². The zero-order valence-electron chi connectivity index (χ0n) is 28.4. The highest BCUT2D eigenvalue weighted by atomic mass is 35.5. The first kappa shape index (κ1) is 37.4. The Hall–Kier alpha value is -2.82. The number of hydrogen-bond donors (Lipinski definition) is 1. The number of rotatable bonds is 18. The average Bonchev–Trinajstić information content (AvgIpc) is 3.93. The van der Waals surface area contributed by atoms with Crippen LogP contribution in [0.5, 0.6) is 11.5 Å². The van der Waals surface area contributed by atoms with Gasteiger partial charge in [0.25, 0.3) is 5.91 Å². The third-order valence-corrected chi connectivity index (χ3v) is 9.54. The number of halogens is 3. The van der Waals surface area contributed by atoms with Gasteiger partial charge in [-0.25, -0.2) is 0 Å². The molecule has 3 aromatic carbocycles. The van der Waals surface area contributed by atoms with E-state index in [1.807, 2.05) is 54.3 Å². The van der Waals surface area contributed by atoms with Crippen LogP contribution in [0, 0.1) is 6.92 Å². The van der Waals surface area contributed by atoms with Gasteiger partial charge in [0.15, 0.2) is 5.75 Å². The molecule has 5 rings (SSSR count). The van der Waals surface area contributed by atoms with Gasteiger partial charge in [-0.1, -0.05) is 59.1 Å². The first-order chi connectivity index (χ1) is 23.8. The van der Waals surface area contributed by atoms with Crippen LogP contribution < -0.4 is 14.8 Å². The van der Waals surface area contributed by atoms with Crippen LogP contribution in [-0.2, 0) is 32.0 Å². The van der Waals surface area contributed by atoms with Gasteiger partial charge in [-0.05, 0) is 104 Å². The van der Waals surface area contributed by atoms with E-state index < -0.39 is 0 Å². The number of nitrogens with one attached hydrogen (secondary N) is 1. The summed E-state index contributed by atoms with van der Waals surface area (Å²) in [5.41, 5.74) is 5.78. The minimum atomic E-state index is -0.294. The van der Waals surface area contributed by atoms with Crippen LogP contribution in [0.4, 0.5) is 0 Å². The number of amides is 1. The molecule has 49 heavy (non-hydrogen) atoms. The Morgan fingerprint density at radius 3 is 2.33 bits per heavy atom. The van der Waals surface area contributed by atoms with Crippen LogP contribution in [0.1, 0.15) is 47.9 Å². The number of nitrogens with zero attached hydrogens (tertiary/aromatic N) is 1. The van der Waals surface area contributed by atoms with Crippen molar-refractivity contribution in [3.63, 3.8) is 0 Å². The Kier molecular flexibility index (Phi) is 14.1. The predicted octanol–water partition coefficient (Wildman–Crippen LogP) is 7.92. The van der Waals surface area contributed by atoms with Crippen molar-refractivity contribution in [2.45, 2.75) is 57.7 Å². The molecule has 11 heteroatoms. The van der Waals surface area contributed by atoms with Gasteiger partial charge in [0, 0.05) is 44.0 Å². The number of benzene rings is 3. The maximum absolute atomic E-state index is 14.7. The number of carbonyl (C=O) groups excluding carboxylic acids is 1.